The van der Waals surface area contributed by atoms with Crippen molar-refractivity contribution in [3.8, 4) is 5.75 Å². The Morgan fingerprint density at radius 1 is 1.25 bits per heavy atom. The summed E-state index contributed by atoms with van der Waals surface area (Å²) < 4.78 is 20.6. The monoisotopic (exact) mass is 335 g/mol. The minimum atomic E-state index is -0.735. The number of rotatable bonds is 4. The van der Waals surface area contributed by atoms with Gasteiger partial charge in [0.05, 0.1) is 11.1 Å². The van der Waals surface area contributed by atoms with E-state index in [0.717, 1.165) is 19.6 Å². The van der Waals surface area contributed by atoms with Crippen molar-refractivity contribution in [2.45, 2.75) is 18.3 Å². The molecule has 6 heteroatoms. The molecule has 2 heterocycles. The van der Waals surface area contributed by atoms with Crippen LogP contribution < -0.4 is 9.64 Å². The second-order valence-electron chi connectivity index (χ2n) is 7.17. The topological polar surface area (TPSA) is 36.0 Å². The van der Waals surface area contributed by atoms with Gasteiger partial charge in [0, 0.05) is 19.2 Å². The van der Waals surface area contributed by atoms with Gasteiger partial charge in [-0.3, -0.25) is 4.79 Å². The summed E-state index contributed by atoms with van der Waals surface area (Å²) in [5, 5.41) is 0. The van der Waals surface area contributed by atoms with E-state index in [1.807, 2.05) is 26.0 Å². The molecule has 0 atom stereocenters. The Morgan fingerprint density at radius 3 is 2.54 bits per heavy atom. The number of fused-ring (bicyclic) bond motifs is 2. The third-order valence-electron chi connectivity index (χ3n) is 5.25. The molecular formula is C18H26FN3O2. The SMILES string of the molecule is CN(C)CCOc1ccc(F)c2c1N(C)C(=O)C21CCN(C)CC1. The van der Waals surface area contributed by atoms with Crippen LogP contribution in [0, 0.1) is 5.82 Å². The van der Waals surface area contributed by atoms with E-state index >= 15 is 0 Å². The summed E-state index contributed by atoms with van der Waals surface area (Å²) >= 11 is 0. The number of benzene rings is 1. The number of halogens is 1. The lowest BCUT2D eigenvalue weighted by atomic mass is 9.73. The van der Waals surface area contributed by atoms with Crippen LogP contribution in [0.15, 0.2) is 12.1 Å². The predicted molar refractivity (Wildman–Crippen MR) is 92.3 cm³/mol. The Balaban J connectivity index is 1.99. The van der Waals surface area contributed by atoms with Gasteiger partial charge < -0.3 is 19.4 Å². The highest BCUT2D eigenvalue weighted by molar-refractivity contribution is 6.09. The van der Waals surface area contributed by atoms with Crippen molar-refractivity contribution in [3.05, 3.63) is 23.5 Å². The van der Waals surface area contributed by atoms with Gasteiger partial charge in [0.2, 0.25) is 5.91 Å². The summed E-state index contributed by atoms with van der Waals surface area (Å²) in [5.74, 6) is 0.292. The number of likely N-dealkylation sites (tertiary alicyclic amines) is 1. The van der Waals surface area contributed by atoms with E-state index in [2.05, 4.69) is 4.90 Å². The fourth-order valence-corrected chi connectivity index (χ4v) is 3.78. The van der Waals surface area contributed by atoms with Gasteiger partial charge in [-0.05, 0) is 59.2 Å². The Bertz CT molecular complexity index is 639. The highest BCUT2D eigenvalue weighted by atomic mass is 19.1. The molecule has 2 aliphatic heterocycles. The normalized spacial score (nSPS) is 20.1. The maximum atomic E-state index is 14.7. The molecule has 3 rings (SSSR count). The average Bonchev–Trinajstić information content (AvgIpc) is 2.76. The number of carbonyl (C=O) groups is 1. The molecule has 0 aromatic heterocycles. The van der Waals surface area contributed by atoms with Crippen molar-refractivity contribution in [2.24, 2.45) is 0 Å². The van der Waals surface area contributed by atoms with Crippen LogP contribution in [0.2, 0.25) is 0 Å². The summed E-state index contributed by atoms with van der Waals surface area (Å²) in [7, 11) is 7.71. The second-order valence-corrected chi connectivity index (χ2v) is 7.17. The summed E-state index contributed by atoms with van der Waals surface area (Å²) in [6.45, 7) is 2.86. The van der Waals surface area contributed by atoms with E-state index in [4.69, 9.17) is 4.74 Å². The predicted octanol–water partition coefficient (Wildman–Crippen LogP) is 1.71. The van der Waals surface area contributed by atoms with E-state index < -0.39 is 5.41 Å². The zero-order valence-electron chi connectivity index (χ0n) is 14.9. The molecule has 1 saturated heterocycles. The van der Waals surface area contributed by atoms with Gasteiger partial charge in [-0.25, -0.2) is 4.39 Å². The molecule has 1 amide bonds. The third-order valence-corrected chi connectivity index (χ3v) is 5.25. The van der Waals surface area contributed by atoms with E-state index in [1.165, 1.54) is 6.07 Å². The molecule has 0 N–H and O–H groups in total. The molecule has 0 bridgehead atoms. The molecule has 0 saturated carbocycles. The Hall–Kier alpha value is -1.66. The van der Waals surface area contributed by atoms with Crippen molar-refractivity contribution in [2.75, 3.05) is 59.3 Å². The second kappa shape index (κ2) is 6.33. The molecule has 0 unspecified atom stereocenters. The fraction of sp³-hybridized carbons (Fsp3) is 0.611. The van der Waals surface area contributed by atoms with Crippen molar-refractivity contribution in [3.63, 3.8) is 0 Å². The quantitative estimate of drug-likeness (QED) is 0.839. The van der Waals surface area contributed by atoms with Crippen molar-refractivity contribution < 1.29 is 13.9 Å². The zero-order chi connectivity index (χ0) is 17.5. The first-order valence-corrected chi connectivity index (χ1v) is 8.44. The maximum Gasteiger partial charge on any atom is 0.237 e. The number of hydrogen-bond donors (Lipinski definition) is 0. The van der Waals surface area contributed by atoms with Crippen LogP contribution in [-0.2, 0) is 10.2 Å². The van der Waals surface area contributed by atoms with Gasteiger partial charge in [-0.15, -0.1) is 0 Å². The molecule has 132 valence electrons. The molecule has 1 spiro atoms. The number of likely N-dealkylation sites (N-methyl/N-ethyl adjacent to an activating group) is 2. The van der Waals surface area contributed by atoms with Crippen LogP contribution in [0.5, 0.6) is 5.75 Å². The lowest BCUT2D eigenvalue weighted by molar-refractivity contribution is -0.124. The van der Waals surface area contributed by atoms with Gasteiger partial charge in [-0.1, -0.05) is 0 Å². The van der Waals surface area contributed by atoms with E-state index in [1.54, 1.807) is 18.0 Å². The molecule has 1 aromatic carbocycles. The van der Waals surface area contributed by atoms with Crippen molar-refractivity contribution in [1.29, 1.82) is 0 Å². The zero-order valence-corrected chi connectivity index (χ0v) is 14.9. The highest BCUT2D eigenvalue weighted by Gasteiger charge is 2.53. The number of anilines is 1. The molecular weight excluding hydrogens is 309 g/mol. The Morgan fingerprint density at radius 2 is 1.92 bits per heavy atom. The molecule has 24 heavy (non-hydrogen) atoms. The largest absolute Gasteiger partial charge is 0.490 e. The van der Waals surface area contributed by atoms with Gasteiger partial charge in [0.15, 0.2) is 0 Å². The van der Waals surface area contributed by atoms with Crippen LogP contribution in [0.4, 0.5) is 10.1 Å². The number of amides is 1. The van der Waals surface area contributed by atoms with E-state index in [9.17, 15) is 9.18 Å². The average molecular weight is 335 g/mol. The van der Waals surface area contributed by atoms with Crippen LogP contribution in [0.1, 0.15) is 18.4 Å². The smallest absolute Gasteiger partial charge is 0.237 e. The number of piperidine rings is 1. The van der Waals surface area contributed by atoms with Crippen LogP contribution >= 0.6 is 0 Å². The lowest BCUT2D eigenvalue weighted by Crippen LogP contribution is -2.47. The van der Waals surface area contributed by atoms with Gasteiger partial charge in [-0.2, -0.15) is 0 Å². The Labute approximate surface area is 143 Å². The number of ether oxygens (including phenoxy) is 1. The molecule has 1 fully saturated rings. The molecule has 0 radical (unpaired) electrons. The molecule has 0 aliphatic carbocycles. The van der Waals surface area contributed by atoms with Crippen molar-refractivity contribution >= 4 is 11.6 Å². The first-order valence-electron chi connectivity index (χ1n) is 8.44. The Kier molecular flexibility index (Phi) is 4.53. The minimum Gasteiger partial charge on any atom is -0.490 e. The first-order chi connectivity index (χ1) is 11.4. The third kappa shape index (κ3) is 2.67. The number of hydrogen-bond acceptors (Lipinski definition) is 4. The van der Waals surface area contributed by atoms with E-state index in [0.29, 0.717) is 36.4 Å². The summed E-state index contributed by atoms with van der Waals surface area (Å²) in [4.78, 5) is 18.8. The number of carbonyl (C=O) groups excluding carboxylic acids is 1. The van der Waals surface area contributed by atoms with Gasteiger partial charge >= 0.3 is 0 Å². The van der Waals surface area contributed by atoms with Crippen molar-refractivity contribution in [1.82, 2.24) is 9.80 Å². The fourth-order valence-electron chi connectivity index (χ4n) is 3.78. The minimum absolute atomic E-state index is 0.00633. The summed E-state index contributed by atoms with van der Waals surface area (Å²) in [5.41, 5.74) is 0.412. The molecule has 5 nitrogen and oxygen atoms in total. The van der Waals surface area contributed by atoms with Gasteiger partial charge in [0.1, 0.15) is 18.2 Å². The standard InChI is InChI=1S/C18H26FN3O2/c1-20(2)11-12-24-14-6-5-13(19)15-16(14)22(4)17(23)18(15)7-9-21(3)10-8-18/h5-6H,7-12H2,1-4H3. The van der Waals surface area contributed by atoms with Crippen LogP contribution in [0.3, 0.4) is 0 Å². The van der Waals surface area contributed by atoms with Crippen LogP contribution in [-0.4, -0.2) is 70.1 Å². The maximum absolute atomic E-state index is 14.7. The van der Waals surface area contributed by atoms with E-state index in [-0.39, 0.29) is 11.7 Å². The van der Waals surface area contributed by atoms with Gasteiger partial charge in [0.25, 0.3) is 0 Å². The highest BCUT2D eigenvalue weighted by Crippen LogP contribution is 2.52. The summed E-state index contributed by atoms with van der Waals surface area (Å²) in [6, 6.07) is 3.08. The lowest BCUT2D eigenvalue weighted by Gasteiger charge is -2.36. The van der Waals surface area contributed by atoms with Crippen LogP contribution in [0.25, 0.3) is 0 Å². The number of nitrogens with zero attached hydrogens (tertiary/aromatic N) is 3. The molecule has 2 aliphatic rings. The molecule has 1 aromatic rings. The first kappa shape index (κ1) is 17.2. The summed E-state index contributed by atoms with van der Waals surface area (Å²) in [6.07, 6.45) is 1.30.